The highest BCUT2D eigenvalue weighted by atomic mass is 16.5. The molecule has 0 saturated carbocycles. The molecule has 0 fully saturated rings. The summed E-state index contributed by atoms with van der Waals surface area (Å²) in [5.41, 5.74) is 1.03. The predicted octanol–water partition coefficient (Wildman–Crippen LogP) is 2.09. The summed E-state index contributed by atoms with van der Waals surface area (Å²) < 4.78 is 18.2. The summed E-state index contributed by atoms with van der Waals surface area (Å²) in [5.74, 6) is 1.98. The van der Waals surface area contributed by atoms with Crippen molar-refractivity contribution in [3.8, 4) is 17.2 Å². The Morgan fingerprint density at radius 1 is 1.14 bits per heavy atom. The van der Waals surface area contributed by atoms with Crippen molar-refractivity contribution in [2.45, 2.75) is 26.1 Å². The molecule has 1 aromatic carbocycles. The Balaban J connectivity index is 2.05. The average molecular weight is 305 g/mol. The zero-order valence-corrected chi connectivity index (χ0v) is 13.5. The molecular formula is C16H23N3O3. The molecule has 1 aromatic heterocycles. The fourth-order valence-electron chi connectivity index (χ4n) is 2.36. The molecule has 120 valence electrons. The van der Waals surface area contributed by atoms with Crippen molar-refractivity contribution in [1.82, 2.24) is 14.9 Å². The fraction of sp³-hybridized carbons (Fsp3) is 0.438. The number of imidazole rings is 1. The third-order valence-electron chi connectivity index (χ3n) is 3.47. The van der Waals surface area contributed by atoms with Gasteiger partial charge in [0.2, 0.25) is 5.75 Å². The molecule has 22 heavy (non-hydrogen) atoms. The van der Waals surface area contributed by atoms with Crippen molar-refractivity contribution in [2.24, 2.45) is 0 Å². The number of hydrogen-bond donors (Lipinski definition) is 1. The van der Waals surface area contributed by atoms with E-state index in [-0.39, 0.29) is 0 Å². The second-order valence-electron chi connectivity index (χ2n) is 5.03. The van der Waals surface area contributed by atoms with Gasteiger partial charge in [-0.05, 0) is 13.0 Å². The van der Waals surface area contributed by atoms with Crippen molar-refractivity contribution in [2.75, 3.05) is 21.3 Å². The van der Waals surface area contributed by atoms with Crippen molar-refractivity contribution < 1.29 is 14.2 Å². The normalized spacial score (nSPS) is 12.0. The van der Waals surface area contributed by atoms with E-state index in [9.17, 15) is 0 Å². The lowest BCUT2D eigenvalue weighted by atomic mass is 10.1. The van der Waals surface area contributed by atoms with Crippen molar-refractivity contribution in [3.05, 3.63) is 36.4 Å². The molecule has 1 atom stereocenters. The van der Waals surface area contributed by atoms with E-state index in [0.717, 1.165) is 12.1 Å². The molecule has 0 bridgehead atoms. The van der Waals surface area contributed by atoms with Crippen LogP contribution in [0.2, 0.25) is 0 Å². The Bertz CT molecular complexity index is 585. The lowest BCUT2D eigenvalue weighted by Crippen LogP contribution is -2.29. The smallest absolute Gasteiger partial charge is 0.203 e. The summed E-state index contributed by atoms with van der Waals surface area (Å²) in [5, 5.41) is 3.48. The van der Waals surface area contributed by atoms with Gasteiger partial charge in [-0.2, -0.15) is 0 Å². The minimum atomic E-state index is 0.298. The molecule has 0 radical (unpaired) electrons. The molecular weight excluding hydrogens is 282 g/mol. The van der Waals surface area contributed by atoms with E-state index >= 15 is 0 Å². The van der Waals surface area contributed by atoms with E-state index in [2.05, 4.69) is 17.2 Å². The minimum absolute atomic E-state index is 0.298. The van der Waals surface area contributed by atoms with Crippen LogP contribution in [-0.2, 0) is 13.1 Å². The largest absolute Gasteiger partial charge is 0.493 e. The molecule has 6 nitrogen and oxygen atoms in total. The Labute approximate surface area is 131 Å². The SMILES string of the molecule is COc1ccc(CNC(C)Cn2ccnc2)c(OC)c1OC. The van der Waals surface area contributed by atoms with Crippen LogP contribution in [0.3, 0.4) is 0 Å². The number of hydrogen-bond acceptors (Lipinski definition) is 5. The predicted molar refractivity (Wildman–Crippen MR) is 84.6 cm³/mol. The number of methoxy groups -OCH3 is 3. The number of nitrogens with zero attached hydrogens (tertiary/aromatic N) is 2. The van der Waals surface area contributed by atoms with E-state index in [4.69, 9.17) is 14.2 Å². The molecule has 0 saturated heterocycles. The Morgan fingerprint density at radius 2 is 1.91 bits per heavy atom. The Hall–Kier alpha value is -2.21. The van der Waals surface area contributed by atoms with E-state index in [1.165, 1.54) is 0 Å². The first-order valence-corrected chi connectivity index (χ1v) is 7.16. The molecule has 1 N–H and O–H groups in total. The van der Waals surface area contributed by atoms with E-state index in [0.29, 0.717) is 29.8 Å². The van der Waals surface area contributed by atoms with Crippen LogP contribution in [0.25, 0.3) is 0 Å². The van der Waals surface area contributed by atoms with Gasteiger partial charge in [0.15, 0.2) is 11.5 Å². The van der Waals surface area contributed by atoms with E-state index in [1.807, 2.05) is 29.2 Å². The first kappa shape index (κ1) is 16.2. The van der Waals surface area contributed by atoms with Crippen LogP contribution in [0.15, 0.2) is 30.9 Å². The average Bonchev–Trinajstić information content (AvgIpc) is 3.04. The quantitative estimate of drug-likeness (QED) is 0.809. The highest BCUT2D eigenvalue weighted by Crippen LogP contribution is 2.39. The second-order valence-corrected chi connectivity index (χ2v) is 5.03. The summed E-state index contributed by atoms with van der Waals surface area (Å²) in [4.78, 5) is 4.05. The zero-order chi connectivity index (χ0) is 15.9. The molecule has 2 rings (SSSR count). The number of aromatic nitrogens is 2. The highest BCUT2D eigenvalue weighted by Gasteiger charge is 2.16. The van der Waals surface area contributed by atoms with E-state index < -0.39 is 0 Å². The van der Waals surface area contributed by atoms with Crippen LogP contribution < -0.4 is 19.5 Å². The van der Waals surface area contributed by atoms with Crippen LogP contribution in [0.5, 0.6) is 17.2 Å². The van der Waals surface area contributed by atoms with Crippen LogP contribution in [0.4, 0.5) is 0 Å². The van der Waals surface area contributed by atoms with Crippen molar-refractivity contribution >= 4 is 0 Å². The van der Waals surface area contributed by atoms with Gasteiger partial charge in [-0.25, -0.2) is 4.98 Å². The molecule has 1 heterocycles. The molecule has 1 unspecified atom stereocenters. The Morgan fingerprint density at radius 3 is 2.50 bits per heavy atom. The number of benzene rings is 1. The summed E-state index contributed by atoms with van der Waals surface area (Å²) >= 11 is 0. The van der Waals surface area contributed by atoms with Gasteiger partial charge in [-0.1, -0.05) is 6.07 Å². The van der Waals surface area contributed by atoms with Gasteiger partial charge in [0.25, 0.3) is 0 Å². The summed E-state index contributed by atoms with van der Waals surface area (Å²) in [6.45, 7) is 3.67. The standard InChI is InChI=1S/C16H23N3O3/c1-12(10-19-8-7-17-11-19)18-9-13-5-6-14(20-2)16(22-4)15(13)21-3/h5-8,11-12,18H,9-10H2,1-4H3. The number of nitrogens with one attached hydrogen (secondary N) is 1. The van der Waals surface area contributed by atoms with Gasteiger partial charge in [-0.3, -0.25) is 0 Å². The maximum atomic E-state index is 5.49. The summed E-state index contributed by atoms with van der Waals surface area (Å²) in [6, 6.07) is 4.17. The van der Waals surface area contributed by atoms with E-state index in [1.54, 1.807) is 27.5 Å². The van der Waals surface area contributed by atoms with Gasteiger partial charge < -0.3 is 24.1 Å². The summed E-state index contributed by atoms with van der Waals surface area (Å²) in [6.07, 6.45) is 5.55. The molecule has 2 aromatic rings. The van der Waals surface area contributed by atoms with Gasteiger partial charge in [0.1, 0.15) is 0 Å². The zero-order valence-electron chi connectivity index (χ0n) is 13.5. The second kappa shape index (κ2) is 7.70. The van der Waals surface area contributed by atoms with Gasteiger partial charge in [0, 0.05) is 37.1 Å². The van der Waals surface area contributed by atoms with Crippen molar-refractivity contribution in [3.63, 3.8) is 0 Å². The van der Waals surface area contributed by atoms with Gasteiger partial charge >= 0.3 is 0 Å². The van der Waals surface area contributed by atoms with Crippen LogP contribution in [0, 0.1) is 0 Å². The molecule has 0 spiro atoms. The minimum Gasteiger partial charge on any atom is -0.493 e. The van der Waals surface area contributed by atoms with Crippen LogP contribution in [-0.4, -0.2) is 36.9 Å². The number of ether oxygens (including phenoxy) is 3. The topological polar surface area (TPSA) is 57.5 Å². The third-order valence-corrected chi connectivity index (χ3v) is 3.47. The molecule has 0 aliphatic rings. The fourth-order valence-corrected chi connectivity index (χ4v) is 2.36. The third kappa shape index (κ3) is 3.71. The van der Waals surface area contributed by atoms with Crippen LogP contribution >= 0.6 is 0 Å². The maximum absolute atomic E-state index is 5.49. The molecule has 0 amide bonds. The monoisotopic (exact) mass is 305 g/mol. The van der Waals surface area contributed by atoms with Gasteiger partial charge in [-0.15, -0.1) is 0 Å². The highest BCUT2D eigenvalue weighted by molar-refractivity contribution is 5.55. The van der Waals surface area contributed by atoms with Gasteiger partial charge in [0.05, 0.1) is 27.7 Å². The molecule has 6 heteroatoms. The lowest BCUT2D eigenvalue weighted by Gasteiger charge is -2.18. The first-order valence-electron chi connectivity index (χ1n) is 7.16. The maximum Gasteiger partial charge on any atom is 0.203 e. The Kier molecular flexibility index (Phi) is 5.66. The first-order chi connectivity index (χ1) is 10.7. The van der Waals surface area contributed by atoms with Crippen LogP contribution in [0.1, 0.15) is 12.5 Å². The summed E-state index contributed by atoms with van der Waals surface area (Å²) in [7, 11) is 4.86. The molecule has 0 aliphatic carbocycles. The van der Waals surface area contributed by atoms with Crippen molar-refractivity contribution in [1.29, 1.82) is 0 Å². The number of rotatable bonds is 8. The molecule has 0 aliphatic heterocycles. The lowest BCUT2D eigenvalue weighted by molar-refractivity contribution is 0.321.